The van der Waals surface area contributed by atoms with Gasteiger partial charge < -0.3 is 14.6 Å². The molecule has 7 heteroatoms. The molecule has 108 valence electrons. The lowest BCUT2D eigenvalue weighted by Crippen LogP contribution is -2.20. The minimum absolute atomic E-state index is 0.0204. The number of halogens is 2. The van der Waals surface area contributed by atoms with Gasteiger partial charge in [0.25, 0.3) is 0 Å². The first kappa shape index (κ1) is 14.4. The van der Waals surface area contributed by atoms with Gasteiger partial charge in [-0.15, -0.1) is 10.2 Å². The first-order chi connectivity index (χ1) is 9.56. The standard InChI is InChI=1S/C13H16F2N4O/c1-9(16-7-12-18-17-8-19(12)2)10-4-3-5-11(6-10)20-13(14)15/h3-6,8-9,13,16H,7H2,1-2H3. The molecule has 1 aromatic heterocycles. The van der Waals surface area contributed by atoms with Crippen LogP contribution in [0.15, 0.2) is 30.6 Å². The van der Waals surface area contributed by atoms with E-state index in [9.17, 15) is 8.78 Å². The van der Waals surface area contributed by atoms with Crippen LogP contribution in [0.4, 0.5) is 8.78 Å². The van der Waals surface area contributed by atoms with Gasteiger partial charge in [0.2, 0.25) is 0 Å². The highest BCUT2D eigenvalue weighted by Gasteiger charge is 2.10. The number of nitrogens with one attached hydrogen (secondary N) is 1. The van der Waals surface area contributed by atoms with E-state index in [4.69, 9.17) is 0 Å². The van der Waals surface area contributed by atoms with Crippen molar-refractivity contribution in [3.05, 3.63) is 42.0 Å². The first-order valence-corrected chi connectivity index (χ1v) is 6.17. The zero-order chi connectivity index (χ0) is 14.5. The van der Waals surface area contributed by atoms with Crippen LogP contribution in [-0.4, -0.2) is 21.4 Å². The van der Waals surface area contributed by atoms with Gasteiger partial charge in [0.1, 0.15) is 17.9 Å². The average Bonchev–Trinajstić information content (AvgIpc) is 2.81. The van der Waals surface area contributed by atoms with Gasteiger partial charge >= 0.3 is 6.61 Å². The second-order valence-electron chi connectivity index (χ2n) is 4.41. The van der Waals surface area contributed by atoms with Gasteiger partial charge in [-0.3, -0.25) is 0 Å². The summed E-state index contributed by atoms with van der Waals surface area (Å²) in [7, 11) is 1.86. The van der Waals surface area contributed by atoms with Crippen LogP contribution in [0.25, 0.3) is 0 Å². The first-order valence-electron chi connectivity index (χ1n) is 6.17. The van der Waals surface area contributed by atoms with E-state index in [0.717, 1.165) is 11.4 Å². The summed E-state index contributed by atoms with van der Waals surface area (Å²) in [5, 5.41) is 11.0. The number of rotatable bonds is 6. The second-order valence-corrected chi connectivity index (χ2v) is 4.41. The summed E-state index contributed by atoms with van der Waals surface area (Å²) < 4.78 is 30.6. The number of alkyl halides is 2. The van der Waals surface area contributed by atoms with E-state index in [1.54, 1.807) is 18.5 Å². The molecule has 0 bridgehead atoms. The normalized spacial score (nSPS) is 12.7. The van der Waals surface area contributed by atoms with Crippen molar-refractivity contribution in [2.75, 3.05) is 0 Å². The molecule has 0 spiro atoms. The van der Waals surface area contributed by atoms with Gasteiger partial charge in [0.15, 0.2) is 0 Å². The summed E-state index contributed by atoms with van der Waals surface area (Å²) in [6.45, 7) is -0.331. The van der Waals surface area contributed by atoms with Crippen molar-refractivity contribution in [1.29, 1.82) is 0 Å². The Labute approximate surface area is 115 Å². The van der Waals surface area contributed by atoms with Crippen LogP contribution in [0.5, 0.6) is 5.75 Å². The lowest BCUT2D eigenvalue weighted by atomic mass is 10.1. The van der Waals surface area contributed by atoms with E-state index in [0.29, 0.717) is 6.54 Å². The highest BCUT2D eigenvalue weighted by atomic mass is 19.3. The van der Waals surface area contributed by atoms with Gasteiger partial charge in [0.05, 0.1) is 6.54 Å². The number of nitrogens with zero attached hydrogens (tertiary/aromatic N) is 3. The number of aryl methyl sites for hydroxylation is 1. The summed E-state index contributed by atoms with van der Waals surface area (Å²) in [6, 6.07) is 6.62. The van der Waals surface area contributed by atoms with Gasteiger partial charge in [-0.05, 0) is 24.6 Å². The predicted molar refractivity (Wildman–Crippen MR) is 69.3 cm³/mol. The molecule has 0 radical (unpaired) electrons. The molecule has 1 aromatic carbocycles. The molecule has 1 atom stereocenters. The van der Waals surface area contributed by atoms with Crippen LogP contribution in [-0.2, 0) is 13.6 Å². The number of ether oxygens (including phenoxy) is 1. The lowest BCUT2D eigenvalue weighted by Gasteiger charge is -2.15. The monoisotopic (exact) mass is 282 g/mol. The quantitative estimate of drug-likeness (QED) is 0.883. The number of hydrogen-bond donors (Lipinski definition) is 1. The Kier molecular flexibility index (Phi) is 4.62. The summed E-state index contributed by atoms with van der Waals surface area (Å²) in [5.41, 5.74) is 0.866. The van der Waals surface area contributed by atoms with Crippen molar-refractivity contribution in [3.8, 4) is 5.75 Å². The Hall–Kier alpha value is -2.02. The fourth-order valence-electron chi connectivity index (χ4n) is 1.79. The Balaban J connectivity index is 1.98. The molecule has 1 N–H and O–H groups in total. The molecular formula is C13H16F2N4O. The summed E-state index contributed by atoms with van der Waals surface area (Å²) in [4.78, 5) is 0. The molecule has 0 aliphatic rings. The van der Waals surface area contributed by atoms with E-state index in [1.807, 2.05) is 24.6 Å². The topological polar surface area (TPSA) is 52.0 Å². The fraction of sp³-hybridized carbons (Fsp3) is 0.385. The minimum atomic E-state index is -2.81. The predicted octanol–water partition coefficient (Wildman–Crippen LogP) is 2.27. The Morgan fingerprint density at radius 2 is 2.20 bits per heavy atom. The molecule has 2 rings (SSSR count). The molecular weight excluding hydrogens is 266 g/mol. The summed E-state index contributed by atoms with van der Waals surface area (Å²) in [5.74, 6) is 0.960. The maximum Gasteiger partial charge on any atom is 0.387 e. The van der Waals surface area contributed by atoms with E-state index < -0.39 is 6.61 Å². The zero-order valence-corrected chi connectivity index (χ0v) is 11.3. The van der Waals surface area contributed by atoms with Gasteiger partial charge in [-0.1, -0.05) is 12.1 Å². The molecule has 0 fully saturated rings. The molecule has 5 nitrogen and oxygen atoms in total. The van der Waals surface area contributed by atoms with E-state index >= 15 is 0 Å². The number of hydrogen-bond acceptors (Lipinski definition) is 4. The Bertz CT molecular complexity index is 559. The van der Waals surface area contributed by atoms with E-state index in [-0.39, 0.29) is 11.8 Å². The fourth-order valence-corrected chi connectivity index (χ4v) is 1.79. The van der Waals surface area contributed by atoms with Crippen LogP contribution >= 0.6 is 0 Å². The number of aromatic nitrogens is 3. The van der Waals surface area contributed by atoms with Gasteiger partial charge in [-0.2, -0.15) is 8.78 Å². The summed E-state index contributed by atoms with van der Waals surface area (Å²) >= 11 is 0. The van der Waals surface area contributed by atoms with E-state index in [2.05, 4.69) is 20.3 Å². The smallest absolute Gasteiger partial charge is 0.387 e. The van der Waals surface area contributed by atoms with Crippen molar-refractivity contribution in [2.45, 2.75) is 26.1 Å². The van der Waals surface area contributed by atoms with Crippen molar-refractivity contribution >= 4 is 0 Å². The Morgan fingerprint density at radius 3 is 2.85 bits per heavy atom. The molecule has 0 saturated heterocycles. The van der Waals surface area contributed by atoms with Crippen molar-refractivity contribution in [2.24, 2.45) is 7.05 Å². The number of benzene rings is 1. The van der Waals surface area contributed by atoms with Crippen LogP contribution in [0.3, 0.4) is 0 Å². The molecule has 0 amide bonds. The van der Waals surface area contributed by atoms with Crippen molar-refractivity contribution < 1.29 is 13.5 Å². The maximum absolute atomic E-state index is 12.2. The molecule has 1 heterocycles. The van der Waals surface area contributed by atoms with Crippen molar-refractivity contribution in [3.63, 3.8) is 0 Å². The molecule has 0 saturated carbocycles. The van der Waals surface area contributed by atoms with Crippen molar-refractivity contribution in [1.82, 2.24) is 20.1 Å². The second kappa shape index (κ2) is 6.42. The lowest BCUT2D eigenvalue weighted by molar-refractivity contribution is -0.0499. The van der Waals surface area contributed by atoms with Gasteiger partial charge in [0, 0.05) is 13.1 Å². The van der Waals surface area contributed by atoms with Crippen LogP contribution in [0.2, 0.25) is 0 Å². The zero-order valence-electron chi connectivity index (χ0n) is 11.3. The maximum atomic E-state index is 12.2. The van der Waals surface area contributed by atoms with Gasteiger partial charge in [-0.25, -0.2) is 0 Å². The van der Waals surface area contributed by atoms with Crippen LogP contribution in [0.1, 0.15) is 24.4 Å². The molecule has 2 aromatic rings. The molecule has 0 aliphatic heterocycles. The highest BCUT2D eigenvalue weighted by Crippen LogP contribution is 2.20. The third-order valence-corrected chi connectivity index (χ3v) is 2.95. The third kappa shape index (κ3) is 3.74. The minimum Gasteiger partial charge on any atom is -0.435 e. The van der Waals surface area contributed by atoms with Crippen LogP contribution in [0, 0.1) is 0 Å². The summed E-state index contributed by atoms with van der Waals surface area (Å²) in [6.07, 6.45) is 1.62. The molecule has 1 unspecified atom stereocenters. The largest absolute Gasteiger partial charge is 0.435 e. The Morgan fingerprint density at radius 1 is 1.40 bits per heavy atom. The average molecular weight is 282 g/mol. The third-order valence-electron chi connectivity index (χ3n) is 2.95. The highest BCUT2D eigenvalue weighted by molar-refractivity contribution is 5.30. The molecule has 20 heavy (non-hydrogen) atoms. The van der Waals surface area contributed by atoms with E-state index in [1.165, 1.54) is 6.07 Å². The van der Waals surface area contributed by atoms with Crippen LogP contribution < -0.4 is 10.1 Å². The SMILES string of the molecule is CC(NCc1nncn1C)c1cccc(OC(F)F)c1. The molecule has 0 aliphatic carbocycles.